The lowest BCUT2D eigenvalue weighted by Gasteiger charge is -2.04. The van der Waals surface area contributed by atoms with Gasteiger partial charge in [0.25, 0.3) is 0 Å². The van der Waals surface area contributed by atoms with Crippen molar-refractivity contribution in [1.29, 1.82) is 0 Å². The highest BCUT2D eigenvalue weighted by Gasteiger charge is 2.13. The van der Waals surface area contributed by atoms with E-state index in [1.54, 1.807) is 0 Å². The summed E-state index contributed by atoms with van der Waals surface area (Å²) >= 11 is 4.97. The number of nitrogens with one attached hydrogen (secondary N) is 1. The summed E-state index contributed by atoms with van der Waals surface area (Å²) in [4.78, 5) is 10.3. The Hall–Kier alpha value is -0.130. The van der Waals surface area contributed by atoms with Crippen LogP contribution in [0, 0.1) is 0 Å². The molecular weight excluding hydrogens is 178 g/mol. The van der Waals surface area contributed by atoms with E-state index >= 15 is 0 Å². The van der Waals surface area contributed by atoms with Crippen molar-refractivity contribution in [1.82, 2.24) is 4.72 Å². The summed E-state index contributed by atoms with van der Waals surface area (Å²) in [6.45, 7) is 1.37. The van der Waals surface area contributed by atoms with Crippen molar-refractivity contribution in [3.05, 3.63) is 0 Å². The molecule has 0 saturated heterocycles. The highest BCUT2D eigenvalue weighted by Crippen LogP contribution is 1.90. The Balaban J connectivity index is 4.06. The molecule has 0 aliphatic heterocycles. The van der Waals surface area contributed by atoms with E-state index in [0.717, 1.165) is 6.26 Å². The Bertz CT molecular complexity index is 223. The van der Waals surface area contributed by atoms with Crippen molar-refractivity contribution < 1.29 is 13.2 Å². The maximum atomic E-state index is 10.4. The highest BCUT2D eigenvalue weighted by atomic mass is 35.5. The van der Waals surface area contributed by atoms with E-state index in [0.29, 0.717) is 0 Å². The lowest BCUT2D eigenvalue weighted by atomic mass is 10.4. The molecule has 0 radical (unpaired) electrons. The number of hydrogen-bond donors (Lipinski definition) is 1. The molecule has 0 fully saturated rings. The summed E-state index contributed by atoms with van der Waals surface area (Å²) in [5.41, 5.74) is 0. The first kappa shape index (κ1) is 9.87. The molecule has 0 aromatic carbocycles. The number of rotatable bonds is 3. The first-order chi connectivity index (χ1) is 4.33. The van der Waals surface area contributed by atoms with Crippen LogP contribution in [0.15, 0.2) is 0 Å². The van der Waals surface area contributed by atoms with Crippen molar-refractivity contribution >= 4 is 26.9 Å². The van der Waals surface area contributed by atoms with Crippen LogP contribution < -0.4 is 4.72 Å². The molecular formula is C4H8ClNO3S. The lowest BCUT2D eigenvalue weighted by molar-refractivity contribution is -0.112. The summed E-state index contributed by atoms with van der Waals surface area (Å²) in [5, 5.41) is -0.717. The molecule has 0 aliphatic rings. The van der Waals surface area contributed by atoms with Gasteiger partial charge in [0.1, 0.15) is 0 Å². The Morgan fingerprint density at radius 2 is 2.00 bits per heavy atom. The van der Waals surface area contributed by atoms with Gasteiger partial charge in [0.15, 0.2) is 0 Å². The van der Waals surface area contributed by atoms with Gasteiger partial charge in [-0.2, -0.15) is 0 Å². The van der Waals surface area contributed by atoms with Crippen molar-refractivity contribution in [2.45, 2.75) is 13.0 Å². The molecule has 4 nitrogen and oxygen atoms in total. The van der Waals surface area contributed by atoms with Crippen molar-refractivity contribution in [2.24, 2.45) is 0 Å². The Morgan fingerprint density at radius 1 is 1.60 bits per heavy atom. The zero-order valence-corrected chi connectivity index (χ0v) is 7.16. The van der Waals surface area contributed by atoms with E-state index in [2.05, 4.69) is 0 Å². The predicted molar refractivity (Wildman–Crippen MR) is 38.3 cm³/mol. The molecule has 6 heteroatoms. The molecule has 1 N–H and O–H groups in total. The normalized spacial score (nSPS) is 14.7. The molecule has 0 bridgehead atoms. The topological polar surface area (TPSA) is 63.2 Å². The van der Waals surface area contributed by atoms with Gasteiger partial charge >= 0.3 is 0 Å². The maximum Gasteiger partial charge on any atom is 0.239 e. The maximum absolute atomic E-state index is 10.4. The fraction of sp³-hybridized carbons (Fsp3) is 0.750. The van der Waals surface area contributed by atoms with E-state index in [4.69, 9.17) is 11.6 Å². The van der Waals surface area contributed by atoms with Gasteiger partial charge in [0.2, 0.25) is 15.3 Å². The monoisotopic (exact) mass is 185 g/mol. The highest BCUT2D eigenvalue weighted by molar-refractivity contribution is 7.88. The van der Waals surface area contributed by atoms with Gasteiger partial charge in [-0.25, -0.2) is 13.1 Å². The first-order valence-electron chi connectivity index (χ1n) is 2.49. The number of hydrogen-bond acceptors (Lipinski definition) is 3. The number of halogens is 1. The zero-order valence-electron chi connectivity index (χ0n) is 5.59. The second-order valence-electron chi connectivity index (χ2n) is 1.92. The van der Waals surface area contributed by atoms with E-state index in [9.17, 15) is 13.2 Å². The second-order valence-corrected chi connectivity index (χ2v) is 4.07. The smallest absolute Gasteiger partial charge is 0.239 e. The van der Waals surface area contributed by atoms with E-state index in [1.165, 1.54) is 6.92 Å². The zero-order chi connectivity index (χ0) is 8.36. The molecule has 0 aromatic heterocycles. The van der Waals surface area contributed by atoms with Gasteiger partial charge in [-0.1, -0.05) is 0 Å². The first-order valence-corrected chi connectivity index (χ1v) is 4.76. The van der Waals surface area contributed by atoms with Crippen molar-refractivity contribution in [3.63, 3.8) is 0 Å². The van der Waals surface area contributed by atoms with Crippen LogP contribution in [-0.4, -0.2) is 26.0 Å². The van der Waals surface area contributed by atoms with Crippen LogP contribution in [0.5, 0.6) is 0 Å². The number of sulfonamides is 1. The fourth-order valence-electron chi connectivity index (χ4n) is 0.367. The average Bonchev–Trinajstić information content (AvgIpc) is 1.60. The van der Waals surface area contributed by atoms with Crippen LogP contribution in [-0.2, 0) is 14.8 Å². The summed E-state index contributed by atoms with van der Waals surface area (Å²) in [5.74, 6) is 0. The van der Waals surface area contributed by atoms with Gasteiger partial charge < -0.3 is 0 Å². The SMILES string of the molecule is CC(NS(C)(=O)=O)C(=O)Cl. The third-order valence-corrected chi connectivity index (χ3v) is 1.84. The molecule has 0 spiro atoms. The molecule has 1 atom stereocenters. The third kappa shape index (κ3) is 4.72. The minimum atomic E-state index is -3.32. The Labute approximate surface area is 64.6 Å². The number of carbonyl (C=O) groups is 1. The van der Waals surface area contributed by atoms with Crippen LogP contribution in [0.4, 0.5) is 0 Å². The molecule has 0 amide bonds. The summed E-state index contributed by atoms with van der Waals surface area (Å²) in [7, 11) is -3.32. The fourth-order valence-corrected chi connectivity index (χ4v) is 1.24. The van der Waals surface area contributed by atoms with Gasteiger partial charge in [0.05, 0.1) is 12.3 Å². The van der Waals surface area contributed by atoms with Gasteiger partial charge in [-0.05, 0) is 18.5 Å². The molecule has 10 heavy (non-hydrogen) atoms. The molecule has 0 heterocycles. The summed E-state index contributed by atoms with van der Waals surface area (Å²) in [6.07, 6.45) is 0.962. The van der Waals surface area contributed by atoms with Crippen molar-refractivity contribution in [2.75, 3.05) is 6.26 Å². The predicted octanol–water partition coefficient (Wildman–Crippen LogP) is -0.310. The minimum Gasteiger partial charge on any atom is -0.279 e. The van der Waals surface area contributed by atoms with E-state index in [-0.39, 0.29) is 0 Å². The van der Waals surface area contributed by atoms with E-state index < -0.39 is 21.3 Å². The lowest BCUT2D eigenvalue weighted by Crippen LogP contribution is -2.35. The van der Waals surface area contributed by atoms with Crippen molar-refractivity contribution in [3.8, 4) is 0 Å². The Morgan fingerprint density at radius 3 is 2.10 bits per heavy atom. The van der Waals surface area contributed by atoms with Crippen LogP contribution >= 0.6 is 11.6 Å². The molecule has 0 aliphatic carbocycles. The second kappa shape index (κ2) is 3.32. The summed E-state index contributed by atoms with van der Waals surface area (Å²) < 4.78 is 22.9. The standard InChI is InChI=1S/C4H8ClNO3S/c1-3(4(5)7)6-10(2,8)9/h3,6H,1-2H3. The van der Waals surface area contributed by atoms with Gasteiger partial charge in [-0.3, -0.25) is 4.79 Å². The molecule has 1 unspecified atom stereocenters. The molecule has 60 valence electrons. The average molecular weight is 186 g/mol. The van der Waals surface area contributed by atoms with Gasteiger partial charge in [0, 0.05) is 0 Å². The van der Waals surface area contributed by atoms with E-state index in [1.807, 2.05) is 4.72 Å². The largest absolute Gasteiger partial charge is 0.279 e. The molecule has 0 rings (SSSR count). The number of carbonyl (C=O) groups excluding carboxylic acids is 1. The Kier molecular flexibility index (Phi) is 3.27. The van der Waals surface area contributed by atoms with Gasteiger partial charge in [-0.15, -0.1) is 0 Å². The molecule has 0 aromatic rings. The van der Waals surface area contributed by atoms with Crippen LogP contribution in [0.2, 0.25) is 0 Å². The molecule has 0 saturated carbocycles. The minimum absolute atomic E-state index is 0.717. The van der Waals surface area contributed by atoms with Crippen LogP contribution in [0.3, 0.4) is 0 Å². The quantitative estimate of drug-likeness (QED) is 0.614. The summed E-state index contributed by atoms with van der Waals surface area (Å²) in [6, 6.07) is -0.850. The third-order valence-electron chi connectivity index (χ3n) is 0.731. The van der Waals surface area contributed by atoms with Crippen LogP contribution in [0.1, 0.15) is 6.92 Å². The van der Waals surface area contributed by atoms with Crippen LogP contribution in [0.25, 0.3) is 0 Å².